The molecule has 8 heteroatoms. The predicted molar refractivity (Wildman–Crippen MR) is 66.2 cm³/mol. The van der Waals surface area contributed by atoms with Gasteiger partial charge in [0, 0.05) is 12.5 Å². The predicted octanol–water partition coefficient (Wildman–Crippen LogP) is 0.00710. The van der Waals surface area contributed by atoms with Crippen LogP contribution in [0.3, 0.4) is 0 Å². The van der Waals surface area contributed by atoms with Gasteiger partial charge < -0.3 is 15.8 Å². The number of ether oxygens (including phenoxy) is 1. The van der Waals surface area contributed by atoms with Gasteiger partial charge in [-0.1, -0.05) is 6.07 Å². The second-order valence-electron chi connectivity index (χ2n) is 3.71. The van der Waals surface area contributed by atoms with Crippen molar-refractivity contribution >= 4 is 23.8 Å². The number of carbonyl (C=O) groups is 2. The van der Waals surface area contributed by atoms with E-state index in [1.165, 1.54) is 19.2 Å². The first-order valence-electron chi connectivity index (χ1n) is 5.30. The second kappa shape index (κ2) is 6.34. The number of hydrogen-bond donors (Lipinski definition) is 2. The third kappa shape index (κ3) is 3.66. The Kier molecular flexibility index (Phi) is 4.81. The van der Waals surface area contributed by atoms with Crippen molar-refractivity contribution in [2.24, 2.45) is 0 Å². The van der Waals surface area contributed by atoms with Crippen LogP contribution in [0, 0.1) is 10.1 Å². The second-order valence-corrected chi connectivity index (χ2v) is 3.71. The van der Waals surface area contributed by atoms with Gasteiger partial charge in [0.2, 0.25) is 6.41 Å². The standard InChI is InChI=1S/C11H13N3O5/c1-19-11(16)9(13-6-15)4-7-2-3-8(12)10(5-7)14(17)18/h2-3,5-6,9H,4,12H2,1H3,(H,13,15)/t9-/m0/s1. The summed E-state index contributed by atoms with van der Waals surface area (Å²) < 4.78 is 4.52. The van der Waals surface area contributed by atoms with Gasteiger partial charge >= 0.3 is 5.97 Å². The van der Waals surface area contributed by atoms with E-state index in [1.54, 1.807) is 6.07 Å². The lowest BCUT2D eigenvalue weighted by Crippen LogP contribution is -2.38. The topological polar surface area (TPSA) is 125 Å². The number of nitrogen functional groups attached to an aromatic ring is 1. The number of nitro groups is 1. The lowest BCUT2D eigenvalue weighted by atomic mass is 10.0. The maximum absolute atomic E-state index is 11.4. The van der Waals surface area contributed by atoms with E-state index in [1.807, 2.05) is 0 Å². The summed E-state index contributed by atoms with van der Waals surface area (Å²) in [4.78, 5) is 31.9. The van der Waals surface area contributed by atoms with Crippen molar-refractivity contribution in [1.29, 1.82) is 0 Å². The van der Waals surface area contributed by atoms with Gasteiger partial charge in [-0.3, -0.25) is 14.9 Å². The zero-order valence-electron chi connectivity index (χ0n) is 10.2. The zero-order valence-corrected chi connectivity index (χ0v) is 10.2. The van der Waals surface area contributed by atoms with Crippen molar-refractivity contribution < 1.29 is 19.2 Å². The molecule has 1 aromatic rings. The summed E-state index contributed by atoms with van der Waals surface area (Å²) in [5.74, 6) is -0.633. The summed E-state index contributed by atoms with van der Waals surface area (Å²) in [6, 6.07) is 3.29. The Bertz CT molecular complexity index is 503. The van der Waals surface area contributed by atoms with E-state index in [0.717, 1.165) is 0 Å². The Morgan fingerprint density at radius 1 is 1.63 bits per heavy atom. The third-order valence-corrected chi connectivity index (χ3v) is 2.49. The van der Waals surface area contributed by atoms with Crippen LogP contribution in [0.2, 0.25) is 0 Å². The molecule has 1 atom stereocenters. The monoisotopic (exact) mass is 267 g/mol. The van der Waals surface area contributed by atoms with E-state index in [0.29, 0.717) is 12.0 Å². The number of nitrogens with one attached hydrogen (secondary N) is 1. The highest BCUT2D eigenvalue weighted by Crippen LogP contribution is 2.23. The number of nitro benzene ring substituents is 1. The molecule has 0 heterocycles. The first-order valence-corrected chi connectivity index (χ1v) is 5.30. The van der Waals surface area contributed by atoms with Crippen LogP contribution in [0.5, 0.6) is 0 Å². The number of hydrogen-bond acceptors (Lipinski definition) is 6. The van der Waals surface area contributed by atoms with Crippen LogP contribution in [0.1, 0.15) is 5.56 Å². The summed E-state index contributed by atoms with van der Waals surface area (Å²) in [5, 5.41) is 13.0. The van der Waals surface area contributed by atoms with Gasteiger partial charge in [-0.25, -0.2) is 4.79 Å². The molecule has 1 aromatic carbocycles. The Balaban J connectivity index is 2.96. The molecule has 0 unspecified atom stereocenters. The smallest absolute Gasteiger partial charge is 0.328 e. The Morgan fingerprint density at radius 3 is 2.84 bits per heavy atom. The van der Waals surface area contributed by atoms with E-state index in [-0.39, 0.29) is 17.8 Å². The van der Waals surface area contributed by atoms with Crippen LogP contribution in [-0.4, -0.2) is 30.5 Å². The zero-order chi connectivity index (χ0) is 14.4. The SMILES string of the molecule is COC(=O)[C@H](Cc1ccc(N)c([N+](=O)[O-])c1)NC=O. The maximum Gasteiger partial charge on any atom is 0.328 e. The molecule has 0 aliphatic heterocycles. The molecular formula is C11H13N3O5. The van der Waals surface area contributed by atoms with E-state index < -0.39 is 16.9 Å². The molecule has 0 aromatic heterocycles. The fourth-order valence-electron chi connectivity index (χ4n) is 1.54. The van der Waals surface area contributed by atoms with E-state index in [9.17, 15) is 19.7 Å². The summed E-state index contributed by atoms with van der Waals surface area (Å²) in [5.41, 5.74) is 5.74. The van der Waals surface area contributed by atoms with Crippen LogP contribution < -0.4 is 11.1 Å². The molecule has 0 bridgehead atoms. The summed E-state index contributed by atoms with van der Waals surface area (Å²) in [6.07, 6.45) is 0.444. The molecule has 0 saturated carbocycles. The number of methoxy groups -OCH3 is 1. The Labute approximate surface area is 108 Å². The molecule has 102 valence electrons. The first kappa shape index (κ1) is 14.4. The third-order valence-electron chi connectivity index (χ3n) is 2.49. The van der Waals surface area contributed by atoms with Crippen LogP contribution in [0.15, 0.2) is 18.2 Å². The highest BCUT2D eigenvalue weighted by Gasteiger charge is 2.20. The average Bonchev–Trinajstić information content (AvgIpc) is 2.39. The number of amides is 1. The number of rotatable bonds is 6. The highest BCUT2D eigenvalue weighted by molar-refractivity contribution is 5.78. The van der Waals surface area contributed by atoms with Gasteiger partial charge in [0.15, 0.2) is 0 Å². The molecule has 0 fully saturated rings. The molecule has 1 rings (SSSR count). The van der Waals surface area contributed by atoms with Crippen LogP contribution in [-0.2, 0) is 20.7 Å². The minimum atomic E-state index is -0.897. The quantitative estimate of drug-likeness (QED) is 0.246. The van der Waals surface area contributed by atoms with Crippen molar-refractivity contribution in [2.45, 2.75) is 12.5 Å². The number of benzene rings is 1. The molecule has 0 aliphatic rings. The van der Waals surface area contributed by atoms with E-state index in [2.05, 4.69) is 10.1 Å². The van der Waals surface area contributed by atoms with Gasteiger partial charge in [-0.2, -0.15) is 0 Å². The van der Waals surface area contributed by atoms with Crippen molar-refractivity contribution in [3.05, 3.63) is 33.9 Å². The molecular weight excluding hydrogens is 254 g/mol. The molecule has 19 heavy (non-hydrogen) atoms. The summed E-state index contributed by atoms with van der Waals surface area (Å²) in [6.45, 7) is 0. The maximum atomic E-state index is 11.4. The fraction of sp³-hybridized carbons (Fsp3) is 0.273. The molecule has 0 aliphatic carbocycles. The number of nitrogens with two attached hydrogens (primary N) is 1. The fourth-order valence-corrected chi connectivity index (χ4v) is 1.54. The Hall–Kier alpha value is -2.64. The molecule has 0 radical (unpaired) electrons. The summed E-state index contributed by atoms with van der Waals surface area (Å²) >= 11 is 0. The van der Waals surface area contributed by atoms with Crippen molar-refractivity contribution in [1.82, 2.24) is 5.32 Å². The number of carbonyl (C=O) groups excluding carboxylic acids is 2. The van der Waals surface area contributed by atoms with Crippen LogP contribution in [0.25, 0.3) is 0 Å². The minimum Gasteiger partial charge on any atom is -0.467 e. The first-order chi connectivity index (χ1) is 8.99. The van der Waals surface area contributed by atoms with Crippen molar-refractivity contribution in [2.75, 3.05) is 12.8 Å². The lowest BCUT2D eigenvalue weighted by Gasteiger charge is -2.13. The average molecular weight is 267 g/mol. The highest BCUT2D eigenvalue weighted by atomic mass is 16.6. The molecule has 1 amide bonds. The van der Waals surface area contributed by atoms with Gasteiger partial charge in [0.1, 0.15) is 11.7 Å². The largest absolute Gasteiger partial charge is 0.467 e. The number of nitrogens with zero attached hydrogens (tertiary/aromatic N) is 1. The summed E-state index contributed by atoms with van der Waals surface area (Å²) in [7, 11) is 1.19. The number of esters is 1. The normalized spacial score (nSPS) is 11.4. The van der Waals surface area contributed by atoms with E-state index >= 15 is 0 Å². The number of anilines is 1. The van der Waals surface area contributed by atoms with Crippen molar-refractivity contribution in [3.8, 4) is 0 Å². The minimum absolute atomic E-state index is 0.0340. The molecule has 0 saturated heterocycles. The van der Waals surface area contributed by atoms with E-state index in [4.69, 9.17) is 5.73 Å². The lowest BCUT2D eigenvalue weighted by molar-refractivity contribution is -0.384. The molecule has 3 N–H and O–H groups in total. The van der Waals surface area contributed by atoms with Gasteiger partial charge in [-0.15, -0.1) is 0 Å². The molecule has 8 nitrogen and oxygen atoms in total. The van der Waals surface area contributed by atoms with Gasteiger partial charge in [0.05, 0.1) is 12.0 Å². The molecule has 0 spiro atoms. The van der Waals surface area contributed by atoms with Crippen LogP contribution in [0.4, 0.5) is 11.4 Å². The van der Waals surface area contributed by atoms with Gasteiger partial charge in [0.25, 0.3) is 5.69 Å². The van der Waals surface area contributed by atoms with Crippen molar-refractivity contribution in [3.63, 3.8) is 0 Å². The van der Waals surface area contributed by atoms with Gasteiger partial charge in [-0.05, 0) is 11.6 Å². The van der Waals surface area contributed by atoms with Crippen LogP contribution >= 0.6 is 0 Å². The Morgan fingerprint density at radius 2 is 2.32 bits per heavy atom.